The number of nitrogens with two attached hydrogens (primary N) is 1. The molecule has 2 amide bonds. The predicted octanol–water partition coefficient (Wildman–Crippen LogP) is 1.68. The minimum atomic E-state index is -1.24. The van der Waals surface area contributed by atoms with Gasteiger partial charge in [-0.3, -0.25) is 9.59 Å². The number of aliphatic hydroxyl groups excluding tert-OH is 1. The summed E-state index contributed by atoms with van der Waals surface area (Å²) in [6.45, 7) is 9.42. The summed E-state index contributed by atoms with van der Waals surface area (Å²) < 4.78 is 15.3. The first-order valence-corrected chi connectivity index (χ1v) is 13.6. The molecule has 0 bridgehead atoms. The molecule has 0 radical (unpaired) electrons. The number of carbonyl (C=O) groups is 4. The number of hydrogen-bond donors (Lipinski definition) is 2. The lowest BCUT2D eigenvalue weighted by molar-refractivity contribution is -0.174. The maximum atomic E-state index is 13.2. The minimum Gasteiger partial charge on any atom is -0.431 e. The molecule has 14 heteroatoms. The molecule has 3 aliphatic rings. The average molecular weight is 555 g/mol. The van der Waals surface area contributed by atoms with E-state index >= 15 is 0 Å². The molecule has 5 atom stereocenters. The fraction of sp³-hybridized carbons (Fsp3) is 0.609. The number of aliphatic hydroxyl groups is 1. The van der Waals surface area contributed by atoms with E-state index in [1.165, 1.54) is 34.9 Å². The zero-order valence-corrected chi connectivity index (χ0v) is 22.7. The number of hydrogen-bond acceptors (Lipinski definition) is 12. The Labute approximate surface area is 222 Å². The minimum absolute atomic E-state index is 0.0923. The number of β-lactam (4-membered cyclic amide) rings is 1. The first-order valence-electron chi connectivity index (χ1n) is 11.9. The van der Waals surface area contributed by atoms with Crippen LogP contribution in [0.25, 0.3) is 0 Å². The monoisotopic (exact) mass is 554 g/mol. The normalized spacial score (nSPS) is 24.8. The first-order chi connectivity index (χ1) is 17.4. The number of esters is 1. The van der Waals surface area contributed by atoms with Crippen LogP contribution >= 0.6 is 23.1 Å². The van der Waals surface area contributed by atoms with E-state index in [4.69, 9.17) is 19.9 Å². The van der Waals surface area contributed by atoms with Crippen molar-refractivity contribution in [3.05, 3.63) is 21.7 Å². The van der Waals surface area contributed by atoms with E-state index in [0.717, 1.165) is 0 Å². The number of carbonyl (C=O) groups excluding carboxylic acids is 4. The Hall–Kier alpha value is -2.84. The third-order valence-electron chi connectivity index (χ3n) is 6.33. The molecular weight excluding hydrogens is 524 g/mol. The number of aromatic nitrogens is 1. The summed E-state index contributed by atoms with van der Waals surface area (Å²) in [6.07, 6.45) is -3.47. The summed E-state index contributed by atoms with van der Waals surface area (Å²) in [7, 11) is 0. The van der Waals surface area contributed by atoms with Crippen LogP contribution in [0.2, 0.25) is 0 Å². The molecule has 3 N–H and O–H groups in total. The number of anilines is 1. The first kappa shape index (κ1) is 27.2. The van der Waals surface area contributed by atoms with Gasteiger partial charge in [-0.15, -0.1) is 23.1 Å². The van der Waals surface area contributed by atoms with Gasteiger partial charge in [0.2, 0.25) is 12.2 Å². The molecule has 37 heavy (non-hydrogen) atoms. The maximum Gasteiger partial charge on any atom is 0.511 e. The largest absolute Gasteiger partial charge is 0.511 e. The van der Waals surface area contributed by atoms with Crippen molar-refractivity contribution in [2.75, 3.05) is 18.0 Å². The highest BCUT2D eigenvalue weighted by molar-refractivity contribution is 8.03. The standard InChI is InChI=1S/C23H30N4O8S2/c1-9(2)33-23(32)35-12(5)34-21(31)17-18(10(3)16-15(11(4)28)20(30)27(16)17)37-13-6-26(7-13)22-25-14(8-36-22)19(24)29/h8-13,15-16,28H,6-7H2,1-5H3,(H2,24,29)/t10-,11-,12?,15?,16?/m1/s1. The molecule has 12 nitrogen and oxygen atoms in total. The summed E-state index contributed by atoms with van der Waals surface area (Å²) >= 11 is 2.81. The molecule has 0 spiro atoms. The van der Waals surface area contributed by atoms with Gasteiger partial charge < -0.3 is 34.9 Å². The quantitative estimate of drug-likeness (QED) is 0.259. The van der Waals surface area contributed by atoms with Crippen LogP contribution in [0.4, 0.5) is 9.93 Å². The van der Waals surface area contributed by atoms with Gasteiger partial charge in [0, 0.05) is 41.5 Å². The maximum absolute atomic E-state index is 13.2. The van der Waals surface area contributed by atoms with Crippen LogP contribution in [-0.4, -0.2) is 81.8 Å². The molecule has 4 rings (SSSR count). The molecule has 0 aliphatic carbocycles. The van der Waals surface area contributed by atoms with Crippen molar-refractivity contribution >= 4 is 52.2 Å². The molecule has 202 valence electrons. The van der Waals surface area contributed by atoms with E-state index in [0.29, 0.717) is 23.1 Å². The van der Waals surface area contributed by atoms with Crippen molar-refractivity contribution in [1.29, 1.82) is 0 Å². The topological polar surface area (TPSA) is 162 Å². The highest BCUT2D eigenvalue weighted by Gasteiger charge is 2.60. The van der Waals surface area contributed by atoms with Crippen LogP contribution in [0.1, 0.15) is 45.1 Å². The number of thiazole rings is 1. The molecule has 4 heterocycles. The number of rotatable bonds is 9. The smallest absolute Gasteiger partial charge is 0.431 e. The summed E-state index contributed by atoms with van der Waals surface area (Å²) in [5, 5.41) is 12.6. The summed E-state index contributed by atoms with van der Waals surface area (Å²) in [5.41, 5.74) is 5.62. The molecule has 1 aromatic rings. The van der Waals surface area contributed by atoms with Gasteiger partial charge in [-0.05, 0) is 20.8 Å². The number of amides is 2. The molecular formula is C23H30N4O8S2. The van der Waals surface area contributed by atoms with E-state index in [2.05, 4.69) is 4.98 Å². The third-order valence-corrected chi connectivity index (χ3v) is 8.68. The van der Waals surface area contributed by atoms with E-state index < -0.39 is 42.4 Å². The number of nitrogens with zero attached hydrogens (tertiary/aromatic N) is 3. The van der Waals surface area contributed by atoms with Crippen LogP contribution in [0.3, 0.4) is 0 Å². The third kappa shape index (κ3) is 5.27. The summed E-state index contributed by atoms with van der Waals surface area (Å²) in [6, 6.07) is -0.368. The lowest BCUT2D eigenvalue weighted by Gasteiger charge is -2.46. The Morgan fingerprint density at radius 3 is 2.43 bits per heavy atom. The lowest BCUT2D eigenvalue weighted by atomic mass is 9.79. The van der Waals surface area contributed by atoms with Gasteiger partial charge in [-0.2, -0.15) is 0 Å². The fourth-order valence-corrected chi connectivity index (χ4v) is 6.98. The Kier molecular flexibility index (Phi) is 7.72. The molecule has 3 aliphatic heterocycles. The van der Waals surface area contributed by atoms with E-state index in [-0.39, 0.29) is 34.5 Å². The van der Waals surface area contributed by atoms with Crippen LogP contribution in [0.5, 0.6) is 0 Å². The number of thioether (sulfide) groups is 1. The van der Waals surface area contributed by atoms with Crippen molar-refractivity contribution in [1.82, 2.24) is 9.88 Å². The molecule has 3 unspecified atom stereocenters. The summed E-state index contributed by atoms with van der Waals surface area (Å²) in [4.78, 5) is 57.6. The van der Waals surface area contributed by atoms with Gasteiger partial charge in [-0.25, -0.2) is 14.6 Å². The van der Waals surface area contributed by atoms with E-state index in [1.54, 1.807) is 26.2 Å². The van der Waals surface area contributed by atoms with Gasteiger partial charge >= 0.3 is 12.1 Å². The Balaban J connectivity index is 1.48. The van der Waals surface area contributed by atoms with Gasteiger partial charge in [0.25, 0.3) is 5.91 Å². The Bertz CT molecular complexity index is 1130. The summed E-state index contributed by atoms with van der Waals surface area (Å²) in [5.74, 6) is -2.55. The van der Waals surface area contributed by atoms with Crippen molar-refractivity contribution in [3.8, 4) is 0 Å². The second-order valence-corrected chi connectivity index (χ2v) is 11.7. The van der Waals surface area contributed by atoms with Gasteiger partial charge in [0.1, 0.15) is 11.4 Å². The molecule has 2 saturated heterocycles. The average Bonchev–Trinajstić information content (AvgIpc) is 3.31. The van der Waals surface area contributed by atoms with Gasteiger partial charge in [0.15, 0.2) is 5.13 Å². The fourth-order valence-electron chi connectivity index (χ4n) is 4.63. The van der Waals surface area contributed by atoms with Crippen LogP contribution in [0.15, 0.2) is 16.0 Å². The van der Waals surface area contributed by atoms with Crippen LogP contribution in [-0.2, 0) is 23.8 Å². The highest BCUT2D eigenvalue weighted by Crippen LogP contribution is 2.52. The van der Waals surface area contributed by atoms with E-state index in [9.17, 15) is 24.3 Å². The highest BCUT2D eigenvalue weighted by atomic mass is 32.2. The zero-order chi connectivity index (χ0) is 27.2. The lowest BCUT2D eigenvalue weighted by Crippen LogP contribution is -2.63. The van der Waals surface area contributed by atoms with Crippen molar-refractivity contribution < 1.29 is 38.5 Å². The zero-order valence-electron chi connectivity index (χ0n) is 21.1. The van der Waals surface area contributed by atoms with Crippen molar-refractivity contribution in [2.45, 2.75) is 64.4 Å². The Morgan fingerprint density at radius 1 is 1.19 bits per heavy atom. The molecule has 0 aromatic carbocycles. The molecule has 0 saturated carbocycles. The SMILES string of the molecule is CC(C)OC(=O)OC(C)OC(=O)C1=C(SC2CN(c3nc(C(N)=O)cs3)C2)[C@H](C)C2C([C@@H](C)O)C(=O)N12. The van der Waals surface area contributed by atoms with Crippen LogP contribution < -0.4 is 10.6 Å². The number of fused-ring (bicyclic) bond motifs is 1. The second kappa shape index (κ2) is 10.5. The molecule has 2 fully saturated rings. The van der Waals surface area contributed by atoms with Crippen molar-refractivity contribution in [2.24, 2.45) is 17.6 Å². The van der Waals surface area contributed by atoms with Crippen LogP contribution in [0, 0.1) is 11.8 Å². The van der Waals surface area contributed by atoms with Crippen molar-refractivity contribution in [3.63, 3.8) is 0 Å². The Morgan fingerprint density at radius 2 is 1.86 bits per heavy atom. The van der Waals surface area contributed by atoms with E-state index in [1.807, 2.05) is 11.8 Å². The predicted molar refractivity (Wildman–Crippen MR) is 134 cm³/mol. The number of ether oxygens (including phenoxy) is 3. The van der Waals surface area contributed by atoms with Gasteiger partial charge in [-0.1, -0.05) is 6.92 Å². The van der Waals surface area contributed by atoms with Gasteiger partial charge in [0.05, 0.1) is 24.2 Å². The second-order valence-electron chi connectivity index (χ2n) is 9.50. The molecule has 1 aromatic heterocycles. The number of primary amides is 1.